The number of piperazine rings is 1. The van der Waals surface area contributed by atoms with Crippen molar-refractivity contribution < 1.29 is 4.79 Å². The van der Waals surface area contributed by atoms with Crippen molar-refractivity contribution in [2.75, 3.05) is 66.0 Å². The molecule has 1 aliphatic rings. The molecule has 0 aromatic carbocycles. The first kappa shape index (κ1) is 22.2. The van der Waals surface area contributed by atoms with Gasteiger partial charge < -0.3 is 10.2 Å². The van der Waals surface area contributed by atoms with Crippen LogP contribution in [0.3, 0.4) is 0 Å². The number of likely N-dealkylation sites (N-methyl/N-ethyl adjacent to an activating group) is 2. The van der Waals surface area contributed by atoms with E-state index in [1.807, 2.05) is 25.8 Å². The maximum atomic E-state index is 11.9. The number of hydrogen-bond acceptors (Lipinski definition) is 4. The van der Waals surface area contributed by atoms with Crippen molar-refractivity contribution in [1.29, 1.82) is 0 Å². The molecule has 0 atom stereocenters. The Balaban J connectivity index is 0. The van der Waals surface area contributed by atoms with Crippen molar-refractivity contribution >= 4 is 30.7 Å². The molecule has 1 amide bonds. The van der Waals surface area contributed by atoms with Gasteiger partial charge in [0, 0.05) is 52.4 Å². The number of amides is 1. The fourth-order valence-corrected chi connectivity index (χ4v) is 2.23. The normalized spacial score (nSPS) is 15.4. The lowest BCUT2D eigenvalue weighted by Crippen LogP contribution is -2.47. The van der Waals surface area contributed by atoms with E-state index in [2.05, 4.69) is 15.1 Å². The van der Waals surface area contributed by atoms with Gasteiger partial charge in [0.15, 0.2) is 0 Å². The van der Waals surface area contributed by atoms with Crippen molar-refractivity contribution in [3.05, 3.63) is 0 Å². The molecule has 0 radical (unpaired) electrons. The average molecular weight is 329 g/mol. The molecule has 1 N–H and O–H groups in total. The molecule has 0 aliphatic carbocycles. The first-order valence-corrected chi connectivity index (χ1v) is 7.06. The summed E-state index contributed by atoms with van der Waals surface area (Å²) in [5.41, 5.74) is 0. The third kappa shape index (κ3) is 8.27. The molecule has 0 spiro atoms. The second-order valence-corrected chi connectivity index (χ2v) is 4.90. The van der Waals surface area contributed by atoms with E-state index in [9.17, 15) is 4.79 Å². The summed E-state index contributed by atoms with van der Waals surface area (Å²) in [7, 11) is 2.03. The molecule has 7 heteroatoms. The highest BCUT2D eigenvalue weighted by molar-refractivity contribution is 5.85. The molecule has 20 heavy (non-hydrogen) atoms. The van der Waals surface area contributed by atoms with Crippen molar-refractivity contribution in [3.63, 3.8) is 0 Å². The van der Waals surface area contributed by atoms with Gasteiger partial charge in [-0.2, -0.15) is 0 Å². The Hall–Kier alpha value is -0.0700. The summed E-state index contributed by atoms with van der Waals surface area (Å²) in [5, 5.41) is 3.35. The molecule has 0 aromatic heterocycles. The summed E-state index contributed by atoms with van der Waals surface area (Å²) in [6, 6.07) is 0. The van der Waals surface area contributed by atoms with Crippen molar-refractivity contribution in [3.8, 4) is 0 Å². The minimum atomic E-state index is 0. The van der Waals surface area contributed by atoms with E-state index in [1.165, 1.54) is 0 Å². The fraction of sp³-hybridized carbons (Fsp3) is 0.923. The highest BCUT2D eigenvalue weighted by Gasteiger charge is 2.14. The third-order valence-corrected chi connectivity index (χ3v) is 3.53. The summed E-state index contributed by atoms with van der Waals surface area (Å²) in [6.07, 6.45) is 0. The summed E-state index contributed by atoms with van der Waals surface area (Å²) >= 11 is 0. The van der Waals surface area contributed by atoms with Crippen LogP contribution in [0, 0.1) is 0 Å². The van der Waals surface area contributed by atoms with E-state index in [4.69, 9.17) is 0 Å². The number of nitrogens with zero attached hydrogens (tertiary/aromatic N) is 3. The van der Waals surface area contributed by atoms with Crippen LogP contribution in [-0.2, 0) is 4.79 Å². The van der Waals surface area contributed by atoms with E-state index in [0.717, 1.165) is 52.4 Å². The van der Waals surface area contributed by atoms with Crippen LogP contribution in [0.2, 0.25) is 0 Å². The lowest BCUT2D eigenvalue weighted by Gasteiger charge is -2.29. The quantitative estimate of drug-likeness (QED) is 0.740. The van der Waals surface area contributed by atoms with Crippen LogP contribution in [0.25, 0.3) is 0 Å². The van der Waals surface area contributed by atoms with Crippen LogP contribution in [0.15, 0.2) is 0 Å². The Morgan fingerprint density at radius 3 is 2.20 bits per heavy atom. The van der Waals surface area contributed by atoms with Gasteiger partial charge in [-0.25, -0.2) is 0 Å². The maximum absolute atomic E-state index is 11.9. The number of rotatable bonds is 7. The number of carbonyl (C=O) groups excluding carboxylic acids is 1. The van der Waals surface area contributed by atoms with Gasteiger partial charge in [0.05, 0.1) is 6.54 Å². The number of nitrogens with one attached hydrogen (secondary N) is 1. The molecular weight excluding hydrogens is 299 g/mol. The number of halogens is 2. The Kier molecular flexibility index (Phi) is 14.1. The Bertz CT molecular complexity index is 247. The van der Waals surface area contributed by atoms with Gasteiger partial charge in [-0.05, 0) is 20.9 Å². The zero-order chi connectivity index (χ0) is 13.4. The predicted octanol–water partition coefficient (Wildman–Crippen LogP) is 0.535. The second kappa shape index (κ2) is 12.7. The average Bonchev–Trinajstić information content (AvgIpc) is 2.39. The van der Waals surface area contributed by atoms with E-state index < -0.39 is 0 Å². The lowest BCUT2D eigenvalue weighted by molar-refractivity contribution is -0.131. The molecule has 0 saturated carbocycles. The Labute approximate surface area is 135 Å². The minimum absolute atomic E-state index is 0. The van der Waals surface area contributed by atoms with Gasteiger partial charge in [0.2, 0.25) is 5.91 Å². The molecule has 1 fully saturated rings. The molecule has 0 aromatic rings. The zero-order valence-electron chi connectivity index (χ0n) is 12.9. The molecule has 5 nitrogen and oxygen atoms in total. The van der Waals surface area contributed by atoms with E-state index in [-0.39, 0.29) is 30.7 Å². The molecule has 1 heterocycles. The Morgan fingerprint density at radius 2 is 1.70 bits per heavy atom. The summed E-state index contributed by atoms with van der Waals surface area (Å²) in [4.78, 5) is 18.4. The topological polar surface area (TPSA) is 38.8 Å². The van der Waals surface area contributed by atoms with E-state index in [0.29, 0.717) is 6.54 Å². The lowest BCUT2D eigenvalue weighted by atomic mass is 10.3. The maximum Gasteiger partial charge on any atom is 0.236 e. The van der Waals surface area contributed by atoms with Crippen molar-refractivity contribution in [2.45, 2.75) is 13.8 Å². The predicted molar refractivity (Wildman–Crippen MR) is 89.2 cm³/mol. The van der Waals surface area contributed by atoms with E-state index in [1.54, 1.807) is 0 Å². The first-order valence-electron chi connectivity index (χ1n) is 7.06. The summed E-state index contributed by atoms with van der Waals surface area (Å²) in [6.45, 7) is 12.6. The van der Waals surface area contributed by atoms with Crippen molar-refractivity contribution in [2.24, 2.45) is 0 Å². The molecular formula is C13H30Cl2N4O. The van der Waals surface area contributed by atoms with E-state index >= 15 is 0 Å². The van der Waals surface area contributed by atoms with Gasteiger partial charge in [-0.1, -0.05) is 0 Å². The van der Waals surface area contributed by atoms with Crippen LogP contribution in [0.1, 0.15) is 13.8 Å². The fourth-order valence-electron chi connectivity index (χ4n) is 2.23. The summed E-state index contributed by atoms with van der Waals surface area (Å²) < 4.78 is 0. The number of carbonyl (C=O) groups is 1. The highest BCUT2D eigenvalue weighted by atomic mass is 35.5. The molecule has 1 aliphatic heterocycles. The second-order valence-electron chi connectivity index (χ2n) is 4.90. The van der Waals surface area contributed by atoms with Gasteiger partial charge in [0.25, 0.3) is 0 Å². The van der Waals surface area contributed by atoms with Crippen LogP contribution in [0.5, 0.6) is 0 Å². The van der Waals surface area contributed by atoms with Gasteiger partial charge >= 0.3 is 0 Å². The largest absolute Gasteiger partial charge is 0.342 e. The van der Waals surface area contributed by atoms with Crippen LogP contribution in [0.4, 0.5) is 0 Å². The SMILES string of the molecule is CCN(CC)C(=O)CN(C)CCN1CCNCC1.Cl.Cl. The monoisotopic (exact) mass is 328 g/mol. The molecule has 0 unspecified atom stereocenters. The van der Waals surface area contributed by atoms with Crippen molar-refractivity contribution in [1.82, 2.24) is 20.0 Å². The number of hydrogen-bond donors (Lipinski definition) is 1. The third-order valence-electron chi connectivity index (χ3n) is 3.53. The zero-order valence-corrected chi connectivity index (χ0v) is 14.6. The minimum Gasteiger partial charge on any atom is -0.342 e. The molecule has 122 valence electrons. The van der Waals surface area contributed by atoms with Gasteiger partial charge in [-0.15, -0.1) is 24.8 Å². The summed E-state index contributed by atoms with van der Waals surface area (Å²) in [5.74, 6) is 0.239. The van der Waals surface area contributed by atoms with Gasteiger partial charge in [0.1, 0.15) is 0 Å². The standard InChI is InChI=1S/C13H28N4O.2ClH/c1-4-17(5-2)13(18)12-15(3)10-11-16-8-6-14-7-9-16;;/h14H,4-12H2,1-3H3;2*1H. The first-order chi connectivity index (χ1) is 8.67. The molecule has 0 bridgehead atoms. The molecule has 1 saturated heterocycles. The highest BCUT2D eigenvalue weighted by Crippen LogP contribution is 1.95. The van der Waals surface area contributed by atoms with Gasteiger partial charge in [-0.3, -0.25) is 14.6 Å². The van der Waals surface area contributed by atoms with Crippen LogP contribution in [-0.4, -0.2) is 86.6 Å². The van der Waals surface area contributed by atoms with Crippen LogP contribution < -0.4 is 5.32 Å². The smallest absolute Gasteiger partial charge is 0.236 e. The van der Waals surface area contributed by atoms with Crippen LogP contribution >= 0.6 is 24.8 Å². The molecule has 1 rings (SSSR count). The Morgan fingerprint density at radius 1 is 1.15 bits per heavy atom.